The lowest BCUT2D eigenvalue weighted by atomic mass is 10.1. The number of nitrogens with one attached hydrogen (secondary N) is 1. The van der Waals surface area contributed by atoms with Crippen LogP contribution in [0.5, 0.6) is 0 Å². The summed E-state index contributed by atoms with van der Waals surface area (Å²) in [6.45, 7) is 2.03. The third kappa shape index (κ3) is 2.28. The molecule has 4 rings (SSSR count). The van der Waals surface area contributed by atoms with E-state index < -0.39 is 0 Å². The maximum atomic E-state index is 12.4. The molecule has 0 unspecified atom stereocenters. The summed E-state index contributed by atoms with van der Waals surface area (Å²) < 4.78 is 1.68. The lowest BCUT2D eigenvalue weighted by molar-refractivity contribution is 0.102. The number of anilines is 1. The molecule has 0 radical (unpaired) electrons. The van der Waals surface area contributed by atoms with Crippen molar-refractivity contribution in [1.29, 1.82) is 0 Å². The third-order valence-corrected chi connectivity index (χ3v) is 4.01. The van der Waals surface area contributed by atoms with Crippen LogP contribution in [-0.2, 0) is 7.05 Å². The van der Waals surface area contributed by atoms with E-state index in [-0.39, 0.29) is 5.91 Å². The van der Waals surface area contributed by atoms with Crippen LogP contribution in [-0.4, -0.2) is 25.7 Å². The largest absolute Gasteiger partial charge is 0.304 e. The molecule has 0 saturated heterocycles. The van der Waals surface area contributed by atoms with Crippen LogP contribution in [0.3, 0.4) is 0 Å². The predicted molar refractivity (Wildman–Crippen MR) is 92.9 cm³/mol. The minimum atomic E-state index is -0.221. The van der Waals surface area contributed by atoms with Crippen LogP contribution in [0.15, 0.2) is 48.8 Å². The Balaban J connectivity index is 1.83. The highest BCUT2D eigenvalue weighted by Crippen LogP contribution is 2.27. The van der Waals surface area contributed by atoms with E-state index in [4.69, 9.17) is 4.98 Å². The maximum absolute atomic E-state index is 12.4. The van der Waals surface area contributed by atoms with E-state index in [1.807, 2.05) is 38.2 Å². The Morgan fingerprint density at radius 3 is 2.75 bits per heavy atom. The van der Waals surface area contributed by atoms with Gasteiger partial charge in [-0.15, -0.1) is 0 Å². The summed E-state index contributed by atoms with van der Waals surface area (Å²) in [6, 6.07) is 11.4. The Morgan fingerprint density at radius 1 is 1.17 bits per heavy atom. The van der Waals surface area contributed by atoms with Crippen molar-refractivity contribution in [2.24, 2.45) is 7.05 Å². The quantitative estimate of drug-likeness (QED) is 0.616. The molecule has 6 heteroatoms. The molecular formula is C18H15N5O. The second-order valence-corrected chi connectivity index (χ2v) is 5.67. The average Bonchev–Trinajstić information content (AvgIpc) is 2.90. The van der Waals surface area contributed by atoms with Crippen molar-refractivity contribution in [3.63, 3.8) is 0 Å². The zero-order chi connectivity index (χ0) is 16.7. The van der Waals surface area contributed by atoms with Crippen molar-refractivity contribution in [2.45, 2.75) is 6.92 Å². The molecule has 0 saturated carbocycles. The maximum Gasteiger partial charge on any atom is 0.256 e. The molecule has 1 amide bonds. The normalized spacial score (nSPS) is 11.1. The molecule has 0 atom stereocenters. The van der Waals surface area contributed by atoms with Gasteiger partial charge in [0.15, 0.2) is 11.5 Å². The molecule has 6 nitrogen and oxygen atoms in total. The number of rotatable bonds is 2. The number of para-hydroxylation sites is 1. The van der Waals surface area contributed by atoms with Gasteiger partial charge in [-0.25, -0.2) is 9.67 Å². The van der Waals surface area contributed by atoms with E-state index in [1.165, 1.54) is 0 Å². The highest BCUT2D eigenvalue weighted by molar-refractivity contribution is 6.08. The molecule has 0 aliphatic carbocycles. The van der Waals surface area contributed by atoms with E-state index in [0.29, 0.717) is 11.4 Å². The first-order valence-corrected chi connectivity index (χ1v) is 7.58. The molecule has 0 spiro atoms. The van der Waals surface area contributed by atoms with Gasteiger partial charge in [-0.05, 0) is 30.7 Å². The minimum Gasteiger partial charge on any atom is -0.304 e. The van der Waals surface area contributed by atoms with Crippen LogP contribution in [0.25, 0.3) is 21.9 Å². The van der Waals surface area contributed by atoms with Crippen molar-refractivity contribution >= 4 is 33.7 Å². The predicted octanol–water partition coefficient (Wildman–Crippen LogP) is 3.08. The Hall–Kier alpha value is -3.28. The van der Waals surface area contributed by atoms with Gasteiger partial charge < -0.3 is 5.32 Å². The summed E-state index contributed by atoms with van der Waals surface area (Å²) in [6.07, 6.45) is 3.17. The smallest absolute Gasteiger partial charge is 0.256 e. The summed E-state index contributed by atoms with van der Waals surface area (Å²) >= 11 is 0. The molecule has 3 aromatic heterocycles. The first kappa shape index (κ1) is 14.3. The van der Waals surface area contributed by atoms with Gasteiger partial charge in [-0.3, -0.25) is 9.78 Å². The van der Waals surface area contributed by atoms with Gasteiger partial charge in [0.2, 0.25) is 0 Å². The van der Waals surface area contributed by atoms with Crippen molar-refractivity contribution in [1.82, 2.24) is 19.7 Å². The van der Waals surface area contributed by atoms with Crippen molar-refractivity contribution < 1.29 is 4.79 Å². The van der Waals surface area contributed by atoms with E-state index >= 15 is 0 Å². The number of carbonyl (C=O) groups is 1. The second kappa shape index (κ2) is 5.42. The number of fused-ring (bicyclic) bond motifs is 2. The SMILES string of the molecule is Cc1cccc2cc3c(NC(=O)c4ccncc4)nn(C)c3nc12. The zero-order valence-electron chi connectivity index (χ0n) is 13.3. The zero-order valence-corrected chi connectivity index (χ0v) is 13.3. The fourth-order valence-electron chi connectivity index (χ4n) is 2.78. The van der Waals surface area contributed by atoms with E-state index in [9.17, 15) is 4.79 Å². The molecule has 0 aliphatic heterocycles. The van der Waals surface area contributed by atoms with E-state index in [2.05, 4.69) is 15.4 Å². The molecule has 3 heterocycles. The molecule has 4 aromatic rings. The number of amides is 1. The highest BCUT2D eigenvalue weighted by Gasteiger charge is 2.15. The summed E-state index contributed by atoms with van der Waals surface area (Å²) in [5.74, 6) is 0.284. The van der Waals surface area contributed by atoms with Crippen LogP contribution >= 0.6 is 0 Å². The van der Waals surface area contributed by atoms with Crippen molar-refractivity contribution in [2.75, 3.05) is 5.32 Å². The number of hydrogen-bond donors (Lipinski definition) is 1. The number of aromatic nitrogens is 4. The number of hydrogen-bond acceptors (Lipinski definition) is 4. The highest BCUT2D eigenvalue weighted by atomic mass is 16.1. The second-order valence-electron chi connectivity index (χ2n) is 5.67. The monoisotopic (exact) mass is 317 g/mol. The number of pyridine rings is 2. The summed E-state index contributed by atoms with van der Waals surface area (Å²) in [5.41, 5.74) is 3.33. The number of aryl methyl sites for hydroxylation is 2. The Bertz CT molecular complexity index is 1070. The molecule has 0 aliphatic rings. The lowest BCUT2D eigenvalue weighted by Gasteiger charge is -2.04. The van der Waals surface area contributed by atoms with Crippen molar-refractivity contribution in [3.05, 3.63) is 59.9 Å². The standard InChI is InChI=1S/C18H15N5O/c1-11-4-3-5-13-10-14-16(22-23(2)17(14)20-15(11)13)21-18(24)12-6-8-19-9-7-12/h3-10H,1-2H3,(H,21,22,24). The van der Waals surface area contributed by atoms with Gasteiger partial charge in [0.1, 0.15) is 0 Å². The summed E-state index contributed by atoms with van der Waals surface area (Å²) in [5, 5.41) is 9.12. The van der Waals surface area contributed by atoms with Gasteiger partial charge in [-0.1, -0.05) is 18.2 Å². The number of benzene rings is 1. The molecular weight excluding hydrogens is 302 g/mol. The third-order valence-electron chi connectivity index (χ3n) is 4.01. The number of nitrogens with zero attached hydrogens (tertiary/aromatic N) is 4. The first-order chi connectivity index (χ1) is 11.6. The molecule has 0 fully saturated rings. The van der Waals surface area contributed by atoms with Crippen LogP contribution in [0.1, 0.15) is 15.9 Å². The minimum absolute atomic E-state index is 0.221. The molecule has 118 valence electrons. The lowest BCUT2D eigenvalue weighted by Crippen LogP contribution is -2.12. The van der Waals surface area contributed by atoms with E-state index in [0.717, 1.165) is 27.5 Å². The Morgan fingerprint density at radius 2 is 1.96 bits per heavy atom. The van der Waals surface area contributed by atoms with E-state index in [1.54, 1.807) is 29.2 Å². The molecule has 0 bridgehead atoms. The molecule has 24 heavy (non-hydrogen) atoms. The van der Waals surface area contributed by atoms with Gasteiger partial charge >= 0.3 is 0 Å². The Kier molecular flexibility index (Phi) is 3.23. The van der Waals surface area contributed by atoms with Crippen LogP contribution in [0.2, 0.25) is 0 Å². The Labute approximate surface area is 138 Å². The summed E-state index contributed by atoms with van der Waals surface area (Å²) in [4.78, 5) is 21.0. The van der Waals surface area contributed by atoms with Gasteiger partial charge in [0.25, 0.3) is 5.91 Å². The van der Waals surface area contributed by atoms with Gasteiger partial charge in [0, 0.05) is 30.4 Å². The topological polar surface area (TPSA) is 72.7 Å². The van der Waals surface area contributed by atoms with Gasteiger partial charge in [0.05, 0.1) is 10.9 Å². The van der Waals surface area contributed by atoms with Crippen LogP contribution in [0.4, 0.5) is 5.82 Å². The fraction of sp³-hybridized carbons (Fsp3) is 0.111. The van der Waals surface area contributed by atoms with Gasteiger partial charge in [-0.2, -0.15) is 5.10 Å². The average molecular weight is 317 g/mol. The number of carbonyl (C=O) groups excluding carboxylic acids is 1. The van der Waals surface area contributed by atoms with Crippen LogP contribution in [0, 0.1) is 6.92 Å². The molecule has 1 aromatic carbocycles. The first-order valence-electron chi connectivity index (χ1n) is 7.58. The molecule has 1 N–H and O–H groups in total. The van der Waals surface area contributed by atoms with Crippen LogP contribution < -0.4 is 5.32 Å². The fourth-order valence-corrected chi connectivity index (χ4v) is 2.78. The summed E-state index contributed by atoms with van der Waals surface area (Å²) in [7, 11) is 1.82. The van der Waals surface area contributed by atoms with Crippen molar-refractivity contribution in [3.8, 4) is 0 Å².